The Morgan fingerprint density at radius 2 is 2.00 bits per heavy atom. The standard InChI is InChI=1S/C14H19N5/c1-7-5-11-17-18-14(19(11)8(2)16-7)12-9-3-4-10(6-9)13(12)15/h5,9-10,12-13H,3-4,6,15H2,1-2H3. The fraction of sp³-hybridized carbons (Fsp3) is 0.643. The van der Waals surface area contributed by atoms with Gasteiger partial charge in [0.1, 0.15) is 11.6 Å². The van der Waals surface area contributed by atoms with E-state index in [-0.39, 0.29) is 6.04 Å². The molecule has 2 saturated carbocycles. The maximum Gasteiger partial charge on any atom is 0.164 e. The minimum Gasteiger partial charge on any atom is -0.327 e. The molecular formula is C14H19N5. The molecule has 4 atom stereocenters. The molecule has 2 aromatic heterocycles. The number of aryl methyl sites for hydroxylation is 2. The Hall–Kier alpha value is -1.49. The van der Waals surface area contributed by atoms with Gasteiger partial charge < -0.3 is 5.73 Å². The van der Waals surface area contributed by atoms with Gasteiger partial charge in [-0.05, 0) is 44.9 Å². The third kappa shape index (κ3) is 1.48. The molecule has 2 aromatic rings. The smallest absolute Gasteiger partial charge is 0.164 e. The van der Waals surface area contributed by atoms with E-state index >= 15 is 0 Å². The van der Waals surface area contributed by atoms with Crippen LogP contribution in [0.2, 0.25) is 0 Å². The van der Waals surface area contributed by atoms with E-state index in [1.165, 1.54) is 19.3 Å². The van der Waals surface area contributed by atoms with E-state index in [2.05, 4.69) is 19.6 Å². The van der Waals surface area contributed by atoms with Crippen LogP contribution in [0, 0.1) is 25.7 Å². The van der Waals surface area contributed by atoms with Crippen LogP contribution in [0.3, 0.4) is 0 Å². The zero-order valence-corrected chi connectivity index (χ0v) is 11.4. The first kappa shape index (κ1) is 11.3. The molecule has 5 heteroatoms. The third-order valence-corrected chi connectivity index (χ3v) is 4.99. The lowest BCUT2D eigenvalue weighted by Gasteiger charge is -2.26. The minimum atomic E-state index is 0.242. The Morgan fingerprint density at radius 3 is 2.74 bits per heavy atom. The number of fused-ring (bicyclic) bond motifs is 3. The van der Waals surface area contributed by atoms with Crippen molar-refractivity contribution in [3.63, 3.8) is 0 Å². The van der Waals surface area contributed by atoms with Crippen LogP contribution in [-0.4, -0.2) is 25.6 Å². The second-order valence-corrected chi connectivity index (χ2v) is 6.13. The summed E-state index contributed by atoms with van der Waals surface area (Å²) < 4.78 is 2.10. The van der Waals surface area contributed by atoms with Crippen molar-refractivity contribution in [1.29, 1.82) is 0 Å². The van der Waals surface area contributed by atoms with Crippen molar-refractivity contribution >= 4 is 5.65 Å². The van der Waals surface area contributed by atoms with Gasteiger partial charge in [0.2, 0.25) is 0 Å². The van der Waals surface area contributed by atoms with Gasteiger partial charge in [0.25, 0.3) is 0 Å². The van der Waals surface area contributed by atoms with Gasteiger partial charge in [-0.3, -0.25) is 4.40 Å². The number of nitrogens with zero attached hydrogens (tertiary/aromatic N) is 4. The quantitative estimate of drug-likeness (QED) is 0.842. The van der Waals surface area contributed by atoms with E-state index in [9.17, 15) is 0 Å². The van der Waals surface area contributed by atoms with Crippen molar-refractivity contribution in [3.8, 4) is 0 Å². The van der Waals surface area contributed by atoms with E-state index in [1.54, 1.807) is 0 Å². The molecule has 2 fully saturated rings. The van der Waals surface area contributed by atoms with Gasteiger partial charge in [-0.2, -0.15) is 0 Å². The molecule has 5 nitrogen and oxygen atoms in total. The molecule has 0 aromatic carbocycles. The number of nitrogens with two attached hydrogens (primary N) is 1. The van der Waals surface area contributed by atoms with E-state index < -0.39 is 0 Å². The Labute approximate surface area is 112 Å². The number of rotatable bonds is 1. The van der Waals surface area contributed by atoms with Gasteiger partial charge in [0.05, 0.1) is 0 Å². The van der Waals surface area contributed by atoms with Gasteiger partial charge in [0.15, 0.2) is 5.65 Å². The highest BCUT2D eigenvalue weighted by atomic mass is 15.3. The summed E-state index contributed by atoms with van der Waals surface area (Å²) in [6.45, 7) is 4.01. The zero-order chi connectivity index (χ0) is 13.1. The van der Waals surface area contributed by atoms with Crippen LogP contribution in [0.5, 0.6) is 0 Å². The summed E-state index contributed by atoms with van der Waals surface area (Å²) in [5.41, 5.74) is 8.31. The van der Waals surface area contributed by atoms with Crippen LogP contribution in [0.25, 0.3) is 5.65 Å². The molecule has 0 radical (unpaired) electrons. The highest BCUT2D eigenvalue weighted by molar-refractivity contribution is 5.41. The average Bonchev–Trinajstić information content (AvgIpc) is 3.02. The largest absolute Gasteiger partial charge is 0.327 e. The molecule has 2 bridgehead atoms. The second-order valence-electron chi connectivity index (χ2n) is 6.13. The summed E-state index contributed by atoms with van der Waals surface area (Å²) in [4.78, 5) is 4.54. The van der Waals surface area contributed by atoms with E-state index in [0.29, 0.717) is 17.8 Å². The molecule has 0 aliphatic heterocycles. The van der Waals surface area contributed by atoms with Crippen molar-refractivity contribution in [2.75, 3.05) is 0 Å². The van der Waals surface area contributed by atoms with Crippen molar-refractivity contribution in [2.24, 2.45) is 17.6 Å². The first-order valence-electron chi connectivity index (χ1n) is 7.10. The van der Waals surface area contributed by atoms with Crippen molar-refractivity contribution in [3.05, 3.63) is 23.4 Å². The first-order chi connectivity index (χ1) is 9.15. The molecule has 2 aliphatic carbocycles. The number of aromatic nitrogens is 4. The maximum absolute atomic E-state index is 6.42. The van der Waals surface area contributed by atoms with Crippen LogP contribution in [0.15, 0.2) is 6.07 Å². The molecule has 100 valence electrons. The molecule has 2 aliphatic rings. The monoisotopic (exact) mass is 257 g/mol. The lowest BCUT2D eigenvalue weighted by molar-refractivity contribution is 0.352. The maximum atomic E-state index is 6.42. The van der Waals surface area contributed by atoms with Crippen LogP contribution in [0.4, 0.5) is 0 Å². The van der Waals surface area contributed by atoms with Crippen LogP contribution >= 0.6 is 0 Å². The SMILES string of the molecule is Cc1cc2nnc(C3C4CCC(C4)C3N)n2c(C)n1. The predicted molar refractivity (Wildman–Crippen MR) is 71.8 cm³/mol. The van der Waals surface area contributed by atoms with Crippen molar-refractivity contribution in [2.45, 2.75) is 45.1 Å². The predicted octanol–water partition coefficient (Wildman–Crippen LogP) is 1.58. The number of hydrogen-bond acceptors (Lipinski definition) is 4. The topological polar surface area (TPSA) is 69.1 Å². The van der Waals surface area contributed by atoms with Crippen molar-refractivity contribution < 1.29 is 0 Å². The second kappa shape index (κ2) is 3.76. The molecule has 0 amide bonds. The Morgan fingerprint density at radius 1 is 1.21 bits per heavy atom. The fourth-order valence-corrected chi connectivity index (χ4v) is 4.19. The molecule has 19 heavy (non-hydrogen) atoms. The molecule has 4 rings (SSSR count). The lowest BCUT2D eigenvalue weighted by Crippen LogP contribution is -2.35. The molecule has 2 N–H and O–H groups in total. The molecular weight excluding hydrogens is 238 g/mol. The van der Waals surface area contributed by atoms with E-state index in [0.717, 1.165) is 23.0 Å². The zero-order valence-electron chi connectivity index (χ0n) is 11.4. The number of hydrogen-bond donors (Lipinski definition) is 1. The highest BCUT2D eigenvalue weighted by Crippen LogP contribution is 2.51. The van der Waals surface area contributed by atoms with E-state index in [4.69, 9.17) is 5.73 Å². The first-order valence-corrected chi connectivity index (χ1v) is 7.10. The van der Waals surface area contributed by atoms with Gasteiger partial charge in [0, 0.05) is 23.7 Å². The highest BCUT2D eigenvalue weighted by Gasteiger charge is 2.48. The lowest BCUT2D eigenvalue weighted by atomic mass is 9.84. The molecule has 4 unspecified atom stereocenters. The summed E-state index contributed by atoms with van der Waals surface area (Å²) in [5.74, 6) is 3.72. The normalized spacial score (nSPS) is 33.4. The van der Waals surface area contributed by atoms with Crippen molar-refractivity contribution in [1.82, 2.24) is 19.6 Å². The van der Waals surface area contributed by atoms with Gasteiger partial charge >= 0.3 is 0 Å². The Balaban J connectivity index is 1.88. The summed E-state index contributed by atoms with van der Waals surface area (Å²) in [6, 6.07) is 2.23. The summed E-state index contributed by atoms with van der Waals surface area (Å²) in [5, 5.41) is 8.76. The van der Waals surface area contributed by atoms with Crippen LogP contribution in [0.1, 0.15) is 42.5 Å². The fourth-order valence-electron chi connectivity index (χ4n) is 4.19. The van der Waals surface area contributed by atoms with Crippen LogP contribution in [-0.2, 0) is 0 Å². The van der Waals surface area contributed by atoms with Gasteiger partial charge in [-0.15, -0.1) is 10.2 Å². The minimum absolute atomic E-state index is 0.242. The molecule has 2 heterocycles. The third-order valence-electron chi connectivity index (χ3n) is 4.99. The Bertz CT molecular complexity index is 645. The summed E-state index contributed by atoms with van der Waals surface area (Å²) in [7, 11) is 0. The van der Waals surface area contributed by atoms with E-state index in [1.807, 2.05) is 19.9 Å². The molecule has 0 spiro atoms. The summed E-state index contributed by atoms with van der Waals surface area (Å²) >= 11 is 0. The molecule has 0 saturated heterocycles. The average molecular weight is 257 g/mol. The van der Waals surface area contributed by atoms with Crippen LogP contribution < -0.4 is 5.73 Å². The Kier molecular flexibility index (Phi) is 2.24. The van der Waals surface area contributed by atoms with Gasteiger partial charge in [-0.1, -0.05) is 0 Å². The summed E-state index contributed by atoms with van der Waals surface area (Å²) in [6.07, 6.45) is 3.84. The van der Waals surface area contributed by atoms with Gasteiger partial charge in [-0.25, -0.2) is 4.98 Å².